The Labute approximate surface area is 142 Å². The van der Waals surface area contributed by atoms with Crippen LogP contribution in [-0.4, -0.2) is 25.1 Å². The summed E-state index contributed by atoms with van der Waals surface area (Å²) in [5, 5.41) is 11.1. The van der Waals surface area contributed by atoms with Gasteiger partial charge >= 0.3 is 0 Å². The predicted octanol–water partition coefficient (Wildman–Crippen LogP) is 3.38. The average Bonchev–Trinajstić information content (AvgIpc) is 3.19. The van der Waals surface area contributed by atoms with Crippen molar-refractivity contribution in [1.29, 1.82) is 0 Å². The van der Waals surface area contributed by atoms with Crippen LogP contribution in [0.25, 0.3) is 22.5 Å². The summed E-state index contributed by atoms with van der Waals surface area (Å²) in [7, 11) is 0. The minimum Gasteiger partial charge on any atom is -0.443 e. The Kier molecular flexibility index (Phi) is 3.64. The van der Waals surface area contributed by atoms with E-state index in [-0.39, 0.29) is 5.82 Å². The molecule has 0 saturated heterocycles. The highest BCUT2D eigenvalue weighted by atomic mass is 19.1. The van der Waals surface area contributed by atoms with E-state index >= 15 is 0 Å². The molecule has 3 heterocycles. The van der Waals surface area contributed by atoms with E-state index < -0.39 is 0 Å². The van der Waals surface area contributed by atoms with Crippen LogP contribution in [0, 0.1) is 19.7 Å². The van der Waals surface area contributed by atoms with Crippen LogP contribution >= 0.6 is 0 Å². The standard InChI is InChI=1S/C17H15FN6O/c1-9-10(2)25-17-14(9)16(20-8-21-17)19-7-13-22-15(24-23-13)11-3-5-12(18)6-4-11/h3-6,8H,7H2,1-2H3,(H,19,20,21)(H,22,23,24). The molecule has 0 radical (unpaired) electrons. The van der Waals surface area contributed by atoms with Crippen molar-refractivity contribution in [2.24, 2.45) is 0 Å². The second kappa shape index (κ2) is 5.97. The van der Waals surface area contributed by atoms with Gasteiger partial charge in [0.2, 0.25) is 5.71 Å². The van der Waals surface area contributed by atoms with Gasteiger partial charge < -0.3 is 9.73 Å². The Balaban J connectivity index is 1.55. The molecule has 8 heteroatoms. The summed E-state index contributed by atoms with van der Waals surface area (Å²) in [4.78, 5) is 12.8. The van der Waals surface area contributed by atoms with Crippen LogP contribution in [-0.2, 0) is 6.54 Å². The number of benzene rings is 1. The number of nitrogens with zero attached hydrogens (tertiary/aromatic N) is 4. The topological polar surface area (TPSA) is 92.5 Å². The molecule has 0 saturated carbocycles. The molecule has 126 valence electrons. The van der Waals surface area contributed by atoms with E-state index in [9.17, 15) is 4.39 Å². The maximum absolute atomic E-state index is 13.0. The molecule has 1 aromatic carbocycles. The molecule has 3 aromatic heterocycles. The van der Waals surface area contributed by atoms with Gasteiger partial charge in [-0.3, -0.25) is 5.10 Å². The highest BCUT2D eigenvalue weighted by Crippen LogP contribution is 2.28. The lowest BCUT2D eigenvalue weighted by Gasteiger charge is -2.04. The first kappa shape index (κ1) is 15.3. The van der Waals surface area contributed by atoms with Crippen molar-refractivity contribution in [2.45, 2.75) is 20.4 Å². The van der Waals surface area contributed by atoms with Gasteiger partial charge in [0.15, 0.2) is 5.82 Å². The molecular weight excluding hydrogens is 323 g/mol. The van der Waals surface area contributed by atoms with E-state index in [1.54, 1.807) is 12.1 Å². The van der Waals surface area contributed by atoms with Crippen molar-refractivity contribution in [3.05, 3.63) is 53.6 Å². The van der Waals surface area contributed by atoms with E-state index in [1.165, 1.54) is 18.5 Å². The Bertz CT molecular complexity index is 1040. The molecule has 0 bridgehead atoms. The third kappa shape index (κ3) is 2.82. The van der Waals surface area contributed by atoms with E-state index in [1.807, 2.05) is 13.8 Å². The monoisotopic (exact) mass is 338 g/mol. The molecule has 0 aliphatic carbocycles. The second-order valence-electron chi connectivity index (χ2n) is 5.65. The van der Waals surface area contributed by atoms with Crippen molar-refractivity contribution in [2.75, 3.05) is 5.32 Å². The number of aromatic amines is 1. The molecular formula is C17H15FN6O. The SMILES string of the molecule is Cc1oc2ncnc(NCc3nc(-c4ccc(F)cc4)n[nH]3)c2c1C. The number of fused-ring (bicyclic) bond motifs is 1. The Morgan fingerprint density at radius 1 is 1.16 bits per heavy atom. The van der Waals surface area contributed by atoms with Crippen LogP contribution in [0.4, 0.5) is 10.2 Å². The van der Waals surface area contributed by atoms with Crippen molar-refractivity contribution in [3.8, 4) is 11.4 Å². The Hall–Kier alpha value is -3.29. The Morgan fingerprint density at radius 3 is 2.76 bits per heavy atom. The lowest BCUT2D eigenvalue weighted by molar-refractivity contribution is 0.564. The van der Waals surface area contributed by atoms with Crippen LogP contribution in [0.15, 0.2) is 35.0 Å². The van der Waals surface area contributed by atoms with Gasteiger partial charge in [-0.25, -0.2) is 19.3 Å². The van der Waals surface area contributed by atoms with Gasteiger partial charge in [-0.15, -0.1) is 0 Å². The number of H-pyrrole nitrogens is 1. The zero-order valence-corrected chi connectivity index (χ0v) is 13.7. The van der Waals surface area contributed by atoms with Gasteiger partial charge in [-0.1, -0.05) is 0 Å². The highest BCUT2D eigenvalue weighted by Gasteiger charge is 2.14. The number of hydrogen-bond donors (Lipinski definition) is 2. The van der Waals surface area contributed by atoms with Gasteiger partial charge in [0.25, 0.3) is 0 Å². The minimum atomic E-state index is -0.292. The lowest BCUT2D eigenvalue weighted by atomic mass is 10.2. The zero-order chi connectivity index (χ0) is 17.4. The third-order valence-electron chi connectivity index (χ3n) is 4.02. The maximum Gasteiger partial charge on any atom is 0.231 e. The number of halogens is 1. The molecule has 0 unspecified atom stereocenters. The molecule has 7 nitrogen and oxygen atoms in total. The van der Waals surface area contributed by atoms with Gasteiger partial charge in [-0.2, -0.15) is 5.10 Å². The predicted molar refractivity (Wildman–Crippen MR) is 90.4 cm³/mol. The lowest BCUT2D eigenvalue weighted by Crippen LogP contribution is -2.04. The van der Waals surface area contributed by atoms with E-state index in [0.29, 0.717) is 29.7 Å². The quantitative estimate of drug-likeness (QED) is 0.592. The molecule has 4 rings (SSSR count). The number of aryl methyl sites for hydroxylation is 2. The van der Waals surface area contributed by atoms with Crippen LogP contribution < -0.4 is 5.32 Å². The normalized spacial score (nSPS) is 11.2. The summed E-state index contributed by atoms with van der Waals surface area (Å²) < 4.78 is 18.6. The fourth-order valence-corrected chi connectivity index (χ4v) is 2.59. The van der Waals surface area contributed by atoms with Gasteiger partial charge in [0.1, 0.15) is 29.5 Å². The minimum absolute atomic E-state index is 0.292. The van der Waals surface area contributed by atoms with Crippen molar-refractivity contribution >= 4 is 16.9 Å². The van der Waals surface area contributed by atoms with Gasteiger partial charge in [-0.05, 0) is 38.1 Å². The molecule has 0 spiro atoms. The molecule has 0 aliphatic rings. The van der Waals surface area contributed by atoms with Crippen LogP contribution in [0.2, 0.25) is 0 Å². The van der Waals surface area contributed by atoms with E-state index in [0.717, 1.165) is 22.3 Å². The summed E-state index contributed by atoms with van der Waals surface area (Å²) in [6, 6.07) is 6.04. The number of anilines is 1. The number of furan rings is 1. The first-order chi connectivity index (χ1) is 12.1. The number of nitrogens with one attached hydrogen (secondary N) is 2. The van der Waals surface area contributed by atoms with Crippen molar-refractivity contribution in [1.82, 2.24) is 25.1 Å². The fraction of sp³-hybridized carbons (Fsp3) is 0.176. The fourth-order valence-electron chi connectivity index (χ4n) is 2.59. The first-order valence-corrected chi connectivity index (χ1v) is 7.73. The highest BCUT2D eigenvalue weighted by molar-refractivity contribution is 5.89. The molecule has 25 heavy (non-hydrogen) atoms. The number of hydrogen-bond acceptors (Lipinski definition) is 6. The average molecular weight is 338 g/mol. The number of aromatic nitrogens is 5. The summed E-state index contributed by atoms with van der Waals surface area (Å²) in [6.07, 6.45) is 1.46. The Morgan fingerprint density at radius 2 is 1.96 bits per heavy atom. The largest absolute Gasteiger partial charge is 0.443 e. The van der Waals surface area contributed by atoms with Crippen molar-refractivity contribution in [3.63, 3.8) is 0 Å². The van der Waals surface area contributed by atoms with Gasteiger partial charge in [0, 0.05) is 11.1 Å². The molecule has 4 aromatic rings. The van der Waals surface area contributed by atoms with E-state index in [2.05, 4.69) is 30.5 Å². The van der Waals surface area contributed by atoms with Crippen LogP contribution in [0.3, 0.4) is 0 Å². The summed E-state index contributed by atoms with van der Waals surface area (Å²) >= 11 is 0. The summed E-state index contributed by atoms with van der Waals surface area (Å²) in [5.41, 5.74) is 2.30. The van der Waals surface area contributed by atoms with Crippen LogP contribution in [0.5, 0.6) is 0 Å². The third-order valence-corrected chi connectivity index (χ3v) is 4.02. The van der Waals surface area contributed by atoms with E-state index in [4.69, 9.17) is 4.42 Å². The summed E-state index contributed by atoms with van der Waals surface area (Å²) in [5.74, 6) is 2.36. The van der Waals surface area contributed by atoms with Gasteiger partial charge in [0.05, 0.1) is 11.9 Å². The number of rotatable bonds is 4. The van der Waals surface area contributed by atoms with Crippen LogP contribution in [0.1, 0.15) is 17.1 Å². The maximum atomic E-state index is 13.0. The molecule has 0 amide bonds. The zero-order valence-electron chi connectivity index (χ0n) is 13.7. The first-order valence-electron chi connectivity index (χ1n) is 7.73. The second-order valence-corrected chi connectivity index (χ2v) is 5.65. The molecule has 0 atom stereocenters. The smallest absolute Gasteiger partial charge is 0.231 e. The molecule has 2 N–H and O–H groups in total. The molecule has 0 aliphatic heterocycles. The molecule has 0 fully saturated rings. The van der Waals surface area contributed by atoms with Crippen molar-refractivity contribution < 1.29 is 8.81 Å². The summed E-state index contributed by atoms with van der Waals surface area (Å²) in [6.45, 7) is 4.27.